The summed E-state index contributed by atoms with van der Waals surface area (Å²) < 4.78 is 51.0. The van der Waals surface area contributed by atoms with Gasteiger partial charge in [-0.05, 0) is 18.2 Å². The number of alkyl halides is 3. The van der Waals surface area contributed by atoms with Crippen LogP contribution in [0.15, 0.2) is 47.8 Å². The predicted molar refractivity (Wildman–Crippen MR) is 68.3 cm³/mol. The first-order valence-corrected chi connectivity index (χ1v) is 5.89. The van der Waals surface area contributed by atoms with E-state index in [4.69, 9.17) is 5.21 Å². The zero-order chi connectivity index (χ0) is 16.3. The Balaban J connectivity index is 2.42. The summed E-state index contributed by atoms with van der Waals surface area (Å²) in [5, 5.41) is 11.7. The van der Waals surface area contributed by atoms with Gasteiger partial charge in [0.05, 0.1) is 5.56 Å². The van der Waals surface area contributed by atoms with Gasteiger partial charge in [-0.15, -0.1) is 0 Å². The minimum absolute atomic E-state index is 0.0996. The molecule has 1 heterocycles. The second kappa shape index (κ2) is 5.92. The first-order valence-electron chi connectivity index (χ1n) is 5.89. The van der Waals surface area contributed by atoms with Crippen LogP contribution in [0.4, 0.5) is 17.6 Å². The van der Waals surface area contributed by atoms with Crippen LogP contribution < -0.4 is 0 Å². The number of hydrogen-bond donors (Lipinski definition) is 1. The van der Waals surface area contributed by atoms with Gasteiger partial charge in [0.15, 0.2) is 5.71 Å². The molecule has 0 saturated carbocycles. The summed E-state index contributed by atoms with van der Waals surface area (Å²) in [6.07, 6.45) is -3.58. The Labute approximate surface area is 121 Å². The van der Waals surface area contributed by atoms with Crippen molar-refractivity contribution in [3.05, 3.63) is 65.2 Å². The van der Waals surface area contributed by atoms with Gasteiger partial charge in [-0.2, -0.15) is 17.6 Å². The Hall–Kier alpha value is -2.77. The van der Waals surface area contributed by atoms with Crippen LogP contribution in [0.1, 0.15) is 21.5 Å². The fourth-order valence-electron chi connectivity index (χ4n) is 1.76. The van der Waals surface area contributed by atoms with Crippen molar-refractivity contribution >= 4 is 11.5 Å². The normalized spacial score (nSPS) is 12.3. The Morgan fingerprint density at radius 3 is 2.45 bits per heavy atom. The van der Waals surface area contributed by atoms with Crippen molar-refractivity contribution in [1.82, 2.24) is 4.98 Å². The number of carbonyl (C=O) groups is 1. The van der Waals surface area contributed by atoms with Crippen LogP contribution in [0.2, 0.25) is 0 Å². The second-order valence-corrected chi connectivity index (χ2v) is 4.22. The minimum atomic E-state index is -4.62. The Morgan fingerprint density at radius 2 is 1.86 bits per heavy atom. The molecule has 0 spiro atoms. The maximum absolute atomic E-state index is 13.0. The van der Waals surface area contributed by atoms with E-state index in [2.05, 4.69) is 10.1 Å². The molecule has 0 aliphatic rings. The highest BCUT2D eigenvalue weighted by Crippen LogP contribution is 2.29. The van der Waals surface area contributed by atoms with E-state index in [1.54, 1.807) is 0 Å². The van der Waals surface area contributed by atoms with Gasteiger partial charge in [-0.1, -0.05) is 17.3 Å². The number of aromatic nitrogens is 1. The average molecular weight is 312 g/mol. The standard InChI is InChI=1S/C14H8F4N2O2/c15-11-7-8(4-5-19-11)12(20-22)13(21)9-2-1-3-10(6-9)14(16,17)18/h1-7,22H. The van der Waals surface area contributed by atoms with E-state index >= 15 is 0 Å². The van der Waals surface area contributed by atoms with E-state index in [1.807, 2.05) is 0 Å². The number of ketones is 1. The van der Waals surface area contributed by atoms with E-state index in [-0.39, 0.29) is 11.1 Å². The van der Waals surface area contributed by atoms with Crippen LogP contribution in [0, 0.1) is 5.95 Å². The van der Waals surface area contributed by atoms with E-state index in [0.717, 1.165) is 30.5 Å². The molecule has 0 bridgehead atoms. The summed E-state index contributed by atoms with van der Waals surface area (Å²) in [7, 11) is 0. The molecule has 2 aromatic rings. The number of halogens is 4. The van der Waals surface area contributed by atoms with Gasteiger partial charge in [0.1, 0.15) is 0 Å². The second-order valence-electron chi connectivity index (χ2n) is 4.22. The smallest absolute Gasteiger partial charge is 0.410 e. The van der Waals surface area contributed by atoms with Crippen LogP contribution in [0.25, 0.3) is 0 Å². The van der Waals surface area contributed by atoms with Gasteiger partial charge >= 0.3 is 6.18 Å². The molecular formula is C14H8F4N2O2. The number of nitrogens with zero attached hydrogens (tertiary/aromatic N) is 2. The third-order valence-corrected chi connectivity index (χ3v) is 2.77. The SMILES string of the molecule is O=C(C(=NO)c1ccnc(F)c1)c1cccc(C(F)(F)F)c1. The maximum Gasteiger partial charge on any atom is 0.416 e. The lowest BCUT2D eigenvalue weighted by Crippen LogP contribution is -2.17. The Bertz CT molecular complexity index is 742. The summed E-state index contributed by atoms with van der Waals surface area (Å²) in [6.45, 7) is 0. The van der Waals surface area contributed by atoms with Crippen LogP contribution in [-0.4, -0.2) is 21.7 Å². The summed E-state index contributed by atoms with van der Waals surface area (Å²) in [5.41, 5.74) is -2.03. The average Bonchev–Trinajstić information content (AvgIpc) is 2.47. The van der Waals surface area contributed by atoms with Crippen molar-refractivity contribution in [1.29, 1.82) is 0 Å². The molecule has 0 amide bonds. The number of carbonyl (C=O) groups excluding carboxylic acids is 1. The number of Topliss-reactive ketones (excluding diaryl/α,β-unsaturated/α-hetero) is 1. The predicted octanol–water partition coefficient (Wildman–Crippen LogP) is 3.30. The van der Waals surface area contributed by atoms with Crippen LogP contribution >= 0.6 is 0 Å². The third-order valence-electron chi connectivity index (χ3n) is 2.77. The molecule has 2 rings (SSSR count). The molecular weight excluding hydrogens is 304 g/mol. The first kappa shape index (κ1) is 15.6. The molecule has 1 N–H and O–H groups in total. The molecule has 0 radical (unpaired) electrons. The maximum atomic E-state index is 13.0. The van der Waals surface area contributed by atoms with Gasteiger partial charge in [0.2, 0.25) is 11.7 Å². The molecule has 1 aromatic heterocycles. The molecule has 0 fully saturated rings. The van der Waals surface area contributed by atoms with Crippen LogP contribution in [0.5, 0.6) is 0 Å². The Kier molecular flexibility index (Phi) is 4.20. The summed E-state index contributed by atoms with van der Waals surface area (Å²) in [4.78, 5) is 15.4. The van der Waals surface area contributed by atoms with E-state index in [1.165, 1.54) is 6.07 Å². The third kappa shape index (κ3) is 3.27. The zero-order valence-electron chi connectivity index (χ0n) is 10.8. The number of pyridine rings is 1. The number of hydrogen-bond acceptors (Lipinski definition) is 4. The van der Waals surface area contributed by atoms with Crippen molar-refractivity contribution in [2.45, 2.75) is 6.18 Å². The van der Waals surface area contributed by atoms with Crippen LogP contribution in [-0.2, 0) is 6.18 Å². The molecule has 4 nitrogen and oxygen atoms in total. The van der Waals surface area contributed by atoms with Crippen molar-refractivity contribution in [2.75, 3.05) is 0 Å². The largest absolute Gasteiger partial charge is 0.416 e. The van der Waals surface area contributed by atoms with E-state index < -0.39 is 29.2 Å². The number of benzene rings is 1. The van der Waals surface area contributed by atoms with E-state index in [0.29, 0.717) is 6.07 Å². The fourth-order valence-corrected chi connectivity index (χ4v) is 1.76. The van der Waals surface area contributed by atoms with Gasteiger partial charge < -0.3 is 5.21 Å². The van der Waals surface area contributed by atoms with Crippen molar-refractivity contribution in [3.8, 4) is 0 Å². The number of rotatable bonds is 3. The van der Waals surface area contributed by atoms with Crippen LogP contribution in [0.3, 0.4) is 0 Å². The minimum Gasteiger partial charge on any atom is -0.410 e. The topological polar surface area (TPSA) is 62.5 Å². The monoisotopic (exact) mass is 312 g/mol. The lowest BCUT2D eigenvalue weighted by molar-refractivity contribution is -0.137. The lowest BCUT2D eigenvalue weighted by Gasteiger charge is -2.09. The highest BCUT2D eigenvalue weighted by molar-refractivity contribution is 6.51. The Morgan fingerprint density at radius 1 is 1.14 bits per heavy atom. The molecule has 0 unspecified atom stereocenters. The summed E-state index contributed by atoms with van der Waals surface area (Å²) in [5.74, 6) is -1.89. The fraction of sp³-hybridized carbons (Fsp3) is 0.0714. The highest BCUT2D eigenvalue weighted by Gasteiger charge is 2.31. The molecule has 0 aliphatic heterocycles. The van der Waals surface area contributed by atoms with E-state index in [9.17, 15) is 22.4 Å². The van der Waals surface area contributed by atoms with Gasteiger partial charge in [-0.25, -0.2) is 4.98 Å². The van der Waals surface area contributed by atoms with Crippen molar-refractivity contribution in [3.63, 3.8) is 0 Å². The lowest BCUT2D eigenvalue weighted by atomic mass is 10.00. The molecule has 1 aromatic carbocycles. The molecule has 0 atom stereocenters. The molecule has 114 valence electrons. The van der Waals surface area contributed by atoms with Crippen molar-refractivity contribution < 1.29 is 27.6 Å². The highest BCUT2D eigenvalue weighted by atomic mass is 19.4. The molecule has 8 heteroatoms. The van der Waals surface area contributed by atoms with Crippen molar-refractivity contribution in [2.24, 2.45) is 5.16 Å². The number of oxime groups is 1. The summed E-state index contributed by atoms with van der Waals surface area (Å²) >= 11 is 0. The zero-order valence-corrected chi connectivity index (χ0v) is 10.8. The van der Waals surface area contributed by atoms with Gasteiger partial charge in [-0.3, -0.25) is 4.79 Å². The first-order chi connectivity index (χ1) is 10.3. The molecule has 0 saturated heterocycles. The quantitative estimate of drug-likeness (QED) is 0.236. The molecule has 22 heavy (non-hydrogen) atoms. The summed E-state index contributed by atoms with van der Waals surface area (Å²) in [6, 6.07) is 5.66. The van der Waals surface area contributed by atoms with Gasteiger partial charge in [0.25, 0.3) is 0 Å². The van der Waals surface area contributed by atoms with Gasteiger partial charge in [0, 0.05) is 23.4 Å². The molecule has 0 aliphatic carbocycles.